The van der Waals surface area contributed by atoms with Gasteiger partial charge in [0.1, 0.15) is 11.4 Å². The van der Waals surface area contributed by atoms with Gasteiger partial charge in [0.2, 0.25) is 0 Å². The number of hydrogen-bond donors (Lipinski definition) is 0. The smallest absolute Gasteiger partial charge is 0.273 e. The van der Waals surface area contributed by atoms with Gasteiger partial charge in [-0.05, 0) is 43.5 Å². The lowest BCUT2D eigenvalue weighted by Gasteiger charge is -2.27. The molecule has 3 aromatic carbocycles. The highest BCUT2D eigenvalue weighted by Gasteiger charge is 2.46. The lowest BCUT2D eigenvalue weighted by molar-refractivity contribution is 0.0722. The van der Waals surface area contributed by atoms with Crippen LogP contribution in [0.3, 0.4) is 0 Å². The molecule has 0 N–H and O–H groups in total. The zero-order valence-electron chi connectivity index (χ0n) is 22.1. The average Bonchev–Trinajstić information content (AvgIpc) is 3.57. The summed E-state index contributed by atoms with van der Waals surface area (Å²) in [5, 5.41) is 4.98. The standard InChI is InChI=1S/C31H31N3O4S/c1-3-38-26-11-7-10-24(18-26)29-27-28(23-14-12-21(2)13-15-23)32-34(25-16-17-39(36,37)20-25)30(27)31(35)33(29)19-22-8-5-4-6-9-22/h4-15,18,25,29H,3,16-17,19-20H2,1-2H3/t25-,29-/m1/s1. The fourth-order valence-electron chi connectivity index (χ4n) is 5.72. The molecule has 0 saturated carbocycles. The molecule has 2 aliphatic rings. The first-order valence-corrected chi connectivity index (χ1v) is 15.1. The van der Waals surface area contributed by atoms with Gasteiger partial charge in [-0.25, -0.2) is 8.42 Å². The van der Waals surface area contributed by atoms with Gasteiger partial charge in [0.05, 0.1) is 35.9 Å². The lowest BCUT2D eigenvalue weighted by atomic mass is 9.95. The normalized spacial score (nSPS) is 19.8. The Morgan fingerprint density at radius 3 is 2.46 bits per heavy atom. The van der Waals surface area contributed by atoms with Crippen LogP contribution in [0.5, 0.6) is 5.75 Å². The molecule has 0 bridgehead atoms. The van der Waals surface area contributed by atoms with Gasteiger partial charge in [-0.1, -0.05) is 72.3 Å². The fourth-order valence-corrected chi connectivity index (χ4v) is 7.41. The van der Waals surface area contributed by atoms with Gasteiger partial charge in [0.25, 0.3) is 5.91 Å². The van der Waals surface area contributed by atoms with Gasteiger partial charge in [0, 0.05) is 17.7 Å². The monoisotopic (exact) mass is 541 g/mol. The van der Waals surface area contributed by atoms with Crippen LogP contribution in [0.15, 0.2) is 78.9 Å². The van der Waals surface area contributed by atoms with Crippen LogP contribution in [0.25, 0.3) is 11.3 Å². The number of carbonyl (C=O) groups excluding carboxylic acids is 1. The first-order valence-electron chi connectivity index (χ1n) is 13.3. The van der Waals surface area contributed by atoms with E-state index in [2.05, 4.69) is 0 Å². The van der Waals surface area contributed by atoms with Gasteiger partial charge in [-0.15, -0.1) is 0 Å². The van der Waals surface area contributed by atoms with Crippen LogP contribution < -0.4 is 4.74 Å². The molecule has 1 aromatic heterocycles. The molecule has 0 spiro atoms. The molecule has 0 radical (unpaired) electrons. The van der Waals surface area contributed by atoms with E-state index in [9.17, 15) is 13.2 Å². The Labute approximate surface area is 229 Å². The highest BCUT2D eigenvalue weighted by atomic mass is 32.2. The molecule has 1 fully saturated rings. The van der Waals surface area contributed by atoms with Gasteiger partial charge < -0.3 is 9.64 Å². The number of nitrogens with zero attached hydrogens (tertiary/aromatic N) is 3. The van der Waals surface area contributed by atoms with Crippen molar-refractivity contribution in [3.05, 3.63) is 107 Å². The number of hydrogen-bond acceptors (Lipinski definition) is 5. The number of fused-ring (bicyclic) bond motifs is 1. The zero-order valence-corrected chi connectivity index (χ0v) is 22.9. The molecule has 4 aromatic rings. The maximum Gasteiger partial charge on any atom is 0.273 e. The molecule has 1 saturated heterocycles. The third-order valence-corrected chi connectivity index (χ3v) is 9.31. The van der Waals surface area contributed by atoms with E-state index in [4.69, 9.17) is 9.84 Å². The van der Waals surface area contributed by atoms with Crippen molar-refractivity contribution in [2.45, 2.75) is 38.9 Å². The van der Waals surface area contributed by atoms with Crippen molar-refractivity contribution in [2.75, 3.05) is 18.1 Å². The Morgan fingerprint density at radius 2 is 1.77 bits per heavy atom. The van der Waals surface area contributed by atoms with Crippen LogP contribution >= 0.6 is 0 Å². The first kappa shape index (κ1) is 25.4. The SMILES string of the molecule is CCOc1cccc([C@@H]2c3c(-c4ccc(C)cc4)nn([C@@H]4CCS(=O)(=O)C4)c3C(=O)N2Cc2ccccc2)c1. The van der Waals surface area contributed by atoms with Crippen molar-refractivity contribution in [1.82, 2.24) is 14.7 Å². The summed E-state index contributed by atoms with van der Waals surface area (Å²) in [7, 11) is -3.18. The molecule has 39 heavy (non-hydrogen) atoms. The molecule has 2 atom stereocenters. The van der Waals surface area contributed by atoms with E-state index < -0.39 is 15.9 Å². The van der Waals surface area contributed by atoms with Crippen LogP contribution in [-0.4, -0.2) is 47.1 Å². The molecular weight excluding hydrogens is 510 g/mol. The topological polar surface area (TPSA) is 81.5 Å². The summed E-state index contributed by atoms with van der Waals surface area (Å²) in [6, 6.07) is 25.1. The number of sulfone groups is 1. The van der Waals surface area contributed by atoms with E-state index in [1.54, 1.807) is 4.68 Å². The van der Waals surface area contributed by atoms with Crippen molar-refractivity contribution in [3.8, 4) is 17.0 Å². The Hall–Kier alpha value is -3.91. The molecule has 200 valence electrons. The summed E-state index contributed by atoms with van der Waals surface area (Å²) in [5.41, 5.74) is 5.98. The molecule has 0 unspecified atom stereocenters. The van der Waals surface area contributed by atoms with Crippen molar-refractivity contribution in [2.24, 2.45) is 0 Å². The summed E-state index contributed by atoms with van der Waals surface area (Å²) in [6.45, 7) is 4.92. The maximum atomic E-state index is 14.3. The van der Waals surface area contributed by atoms with Gasteiger partial charge in [-0.3, -0.25) is 9.48 Å². The number of ether oxygens (including phenoxy) is 1. The Kier molecular flexibility index (Phi) is 6.51. The van der Waals surface area contributed by atoms with Crippen molar-refractivity contribution >= 4 is 15.7 Å². The maximum absolute atomic E-state index is 14.3. The minimum Gasteiger partial charge on any atom is -0.494 e. The van der Waals surface area contributed by atoms with Crippen LogP contribution in [-0.2, 0) is 16.4 Å². The van der Waals surface area contributed by atoms with E-state index in [0.29, 0.717) is 31.0 Å². The summed E-state index contributed by atoms with van der Waals surface area (Å²) < 4.78 is 32.4. The highest BCUT2D eigenvalue weighted by molar-refractivity contribution is 7.91. The van der Waals surface area contributed by atoms with Crippen molar-refractivity contribution in [1.29, 1.82) is 0 Å². The summed E-state index contributed by atoms with van der Waals surface area (Å²) in [4.78, 5) is 16.2. The van der Waals surface area contributed by atoms with E-state index in [0.717, 1.165) is 33.6 Å². The van der Waals surface area contributed by atoms with Gasteiger partial charge >= 0.3 is 0 Å². The number of amides is 1. The number of benzene rings is 3. The Morgan fingerprint density at radius 1 is 1.00 bits per heavy atom. The molecular formula is C31H31N3O4S. The average molecular weight is 542 g/mol. The van der Waals surface area contributed by atoms with Crippen LogP contribution in [0, 0.1) is 6.92 Å². The van der Waals surface area contributed by atoms with Gasteiger partial charge in [0.15, 0.2) is 9.84 Å². The molecule has 0 aliphatic carbocycles. The third kappa shape index (κ3) is 4.74. The number of aromatic nitrogens is 2. The second-order valence-electron chi connectivity index (χ2n) is 10.3. The number of aryl methyl sites for hydroxylation is 1. The van der Waals surface area contributed by atoms with Crippen molar-refractivity contribution in [3.63, 3.8) is 0 Å². The summed E-state index contributed by atoms with van der Waals surface area (Å²) in [5.74, 6) is 0.691. The molecule has 2 aliphatic heterocycles. The highest BCUT2D eigenvalue weighted by Crippen LogP contribution is 2.46. The van der Waals surface area contributed by atoms with Crippen LogP contribution in [0.4, 0.5) is 0 Å². The molecule has 6 rings (SSSR count). The second kappa shape index (κ2) is 10.0. The fraction of sp³-hybridized carbons (Fsp3) is 0.290. The predicted molar refractivity (Wildman–Crippen MR) is 150 cm³/mol. The predicted octanol–water partition coefficient (Wildman–Crippen LogP) is 5.36. The second-order valence-corrected chi connectivity index (χ2v) is 12.5. The molecule has 3 heterocycles. The summed E-state index contributed by atoms with van der Waals surface area (Å²) >= 11 is 0. The van der Waals surface area contributed by atoms with E-state index >= 15 is 0 Å². The zero-order chi connectivity index (χ0) is 27.1. The molecule has 8 heteroatoms. The van der Waals surface area contributed by atoms with Crippen LogP contribution in [0.2, 0.25) is 0 Å². The summed E-state index contributed by atoms with van der Waals surface area (Å²) in [6.07, 6.45) is 0.445. The van der Waals surface area contributed by atoms with E-state index in [-0.39, 0.29) is 23.5 Å². The van der Waals surface area contributed by atoms with E-state index in [1.807, 2.05) is 97.6 Å². The first-order chi connectivity index (χ1) is 18.8. The minimum absolute atomic E-state index is 0.00901. The molecule has 1 amide bonds. The lowest BCUT2D eigenvalue weighted by Crippen LogP contribution is -2.30. The number of carbonyl (C=O) groups is 1. The van der Waals surface area contributed by atoms with Gasteiger partial charge in [-0.2, -0.15) is 5.10 Å². The molecule has 7 nitrogen and oxygen atoms in total. The Balaban J connectivity index is 1.57. The van der Waals surface area contributed by atoms with Crippen LogP contribution in [0.1, 0.15) is 58.2 Å². The van der Waals surface area contributed by atoms with Crippen molar-refractivity contribution < 1.29 is 17.9 Å². The quantitative estimate of drug-likeness (QED) is 0.315. The Bertz CT molecular complexity index is 1630. The van der Waals surface area contributed by atoms with E-state index in [1.165, 1.54) is 0 Å². The largest absolute Gasteiger partial charge is 0.494 e. The third-order valence-electron chi connectivity index (χ3n) is 7.56. The number of rotatable bonds is 7. The minimum atomic E-state index is -3.18.